The molecule has 1 N–H and O–H groups in total. The Balaban J connectivity index is 1.75. The van der Waals surface area contributed by atoms with Crippen molar-refractivity contribution in [3.63, 3.8) is 0 Å². The van der Waals surface area contributed by atoms with Crippen LogP contribution in [0.25, 0.3) is 5.57 Å². The maximum absolute atomic E-state index is 13.2. The normalized spacial score (nSPS) is 13.7. The van der Waals surface area contributed by atoms with Crippen molar-refractivity contribution in [3.05, 3.63) is 82.9 Å². The van der Waals surface area contributed by atoms with E-state index < -0.39 is 11.8 Å². The van der Waals surface area contributed by atoms with Crippen LogP contribution in [-0.2, 0) is 16.1 Å². The first-order chi connectivity index (χ1) is 15.0. The number of amides is 2. The van der Waals surface area contributed by atoms with Gasteiger partial charge >= 0.3 is 0 Å². The molecule has 0 atom stereocenters. The zero-order chi connectivity index (χ0) is 22.0. The van der Waals surface area contributed by atoms with Crippen molar-refractivity contribution in [2.45, 2.75) is 6.54 Å². The summed E-state index contributed by atoms with van der Waals surface area (Å²) in [5.74, 6) is 0.663. The Bertz CT molecular complexity index is 1150. The highest BCUT2D eigenvalue weighted by Gasteiger charge is 2.39. The topological polar surface area (TPSA) is 81.0 Å². The molecule has 2 heterocycles. The number of benzene rings is 2. The predicted molar refractivity (Wildman–Crippen MR) is 116 cm³/mol. The lowest BCUT2D eigenvalue weighted by molar-refractivity contribution is -0.137. The molecule has 0 aliphatic carbocycles. The number of rotatable bonds is 7. The van der Waals surface area contributed by atoms with Crippen LogP contribution in [0.1, 0.15) is 11.3 Å². The number of imide groups is 1. The van der Waals surface area contributed by atoms with E-state index in [1.807, 2.05) is 0 Å². The minimum Gasteiger partial charge on any atom is -0.493 e. The average Bonchev–Trinajstić information content (AvgIpc) is 3.37. The fraction of sp³-hybridized carbons (Fsp3) is 0.130. The molecule has 1 aliphatic rings. The van der Waals surface area contributed by atoms with E-state index in [2.05, 4.69) is 5.32 Å². The summed E-state index contributed by atoms with van der Waals surface area (Å²) in [5.41, 5.74) is 1.56. The predicted octanol–water partition coefficient (Wildman–Crippen LogP) is 4.34. The van der Waals surface area contributed by atoms with Gasteiger partial charge < -0.3 is 19.2 Å². The summed E-state index contributed by atoms with van der Waals surface area (Å²) in [6.07, 6.45) is 1.50. The summed E-state index contributed by atoms with van der Waals surface area (Å²) in [6.45, 7) is 0.0267. The number of carbonyl (C=O) groups excluding carboxylic acids is 2. The van der Waals surface area contributed by atoms with Crippen molar-refractivity contribution in [2.24, 2.45) is 0 Å². The molecular formula is C23H19ClN2O5. The summed E-state index contributed by atoms with van der Waals surface area (Å²) in [4.78, 5) is 27.6. The first kappa shape index (κ1) is 20.6. The molecule has 0 spiro atoms. The molecule has 0 fully saturated rings. The molecule has 4 rings (SSSR count). The molecule has 1 aromatic heterocycles. The summed E-state index contributed by atoms with van der Waals surface area (Å²) in [6, 6.07) is 15.3. The number of halogens is 1. The van der Waals surface area contributed by atoms with Crippen LogP contribution in [0.5, 0.6) is 11.5 Å². The maximum atomic E-state index is 13.2. The van der Waals surface area contributed by atoms with Crippen molar-refractivity contribution in [2.75, 3.05) is 19.5 Å². The highest BCUT2D eigenvalue weighted by atomic mass is 35.5. The molecule has 8 heteroatoms. The SMILES string of the molecule is COc1ccc(NC2=C(c3ccc(Cl)cc3)C(=O)N(Cc3ccco3)C2=O)cc1OC. The molecule has 7 nitrogen and oxygen atoms in total. The Hall–Kier alpha value is -3.71. The monoisotopic (exact) mass is 438 g/mol. The van der Waals surface area contributed by atoms with Crippen LogP contribution in [-0.4, -0.2) is 30.9 Å². The Morgan fingerprint density at radius 2 is 1.71 bits per heavy atom. The average molecular weight is 439 g/mol. The van der Waals surface area contributed by atoms with Crippen molar-refractivity contribution in [3.8, 4) is 11.5 Å². The van der Waals surface area contributed by atoms with E-state index in [1.165, 1.54) is 20.5 Å². The van der Waals surface area contributed by atoms with Gasteiger partial charge in [0.1, 0.15) is 11.5 Å². The molecule has 3 aromatic rings. The van der Waals surface area contributed by atoms with E-state index >= 15 is 0 Å². The second-order valence-electron chi connectivity index (χ2n) is 6.73. The fourth-order valence-corrected chi connectivity index (χ4v) is 3.46. The summed E-state index contributed by atoms with van der Waals surface area (Å²) in [7, 11) is 3.06. The molecule has 2 amide bonds. The van der Waals surface area contributed by atoms with Crippen LogP contribution in [0.3, 0.4) is 0 Å². The highest BCUT2D eigenvalue weighted by molar-refractivity contribution is 6.36. The Morgan fingerprint density at radius 3 is 2.35 bits per heavy atom. The maximum Gasteiger partial charge on any atom is 0.278 e. The van der Waals surface area contributed by atoms with E-state index in [-0.39, 0.29) is 17.8 Å². The summed E-state index contributed by atoms with van der Waals surface area (Å²) >= 11 is 6.00. The van der Waals surface area contributed by atoms with Gasteiger partial charge in [-0.15, -0.1) is 0 Å². The van der Waals surface area contributed by atoms with Gasteiger partial charge in [0.2, 0.25) is 0 Å². The zero-order valence-electron chi connectivity index (χ0n) is 16.8. The number of methoxy groups -OCH3 is 2. The van der Waals surface area contributed by atoms with Crippen molar-refractivity contribution >= 4 is 34.7 Å². The number of carbonyl (C=O) groups is 2. The molecule has 0 bridgehead atoms. The fourth-order valence-electron chi connectivity index (χ4n) is 3.34. The van der Waals surface area contributed by atoms with Gasteiger partial charge in [-0.05, 0) is 42.0 Å². The van der Waals surface area contributed by atoms with E-state index in [9.17, 15) is 9.59 Å². The highest BCUT2D eigenvalue weighted by Crippen LogP contribution is 2.35. The number of nitrogens with one attached hydrogen (secondary N) is 1. The molecule has 2 aromatic carbocycles. The van der Waals surface area contributed by atoms with Gasteiger partial charge in [-0.3, -0.25) is 14.5 Å². The zero-order valence-corrected chi connectivity index (χ0v) is 17.6. The van der Waals surface area contributed by atoms with Gasteiger partial charge in [0.15, 0.2) is 11.5 Å². The molecule has 0 saturated carbocycles. The second-order valence-corrected chi connectivity index (χ2v) is 7.16. The molecule has 0 unspecified atom stereocenters. The standard InChI is InChI=1S/C23H19ClN2O5/c1-29-18-10-9-16(12-19(18)30-2)25-21-20(14-5-7-15(24)8-6-14)22(27)26(23(21)28)13-17-4-3-11-31-17/h3-12,25H,13H2,1-2H3. The lowest BCUT2D eigenvalue weighted by Gasteiger charge is -2.14. The molecular weight excluding hydrogens is 420 g/mol. The van der Waals surface area contributed by atoms with Crippen LogP contribution >= 0.6 is 11.6 Å². The number of anilines is 1. The first-order valence-electron chi connectivity index (χ1n) is 9.39. The third kappa shape index (κ3) is 4.00. The molecule has 1 aliphatic heterocycles. The van der Waals surface area contributed by atoms with Gasteiger partial charge in [-0.1, -0.05) is 23.7 Å². The Kier molecular flexibility index (Phi) is 5.68. The van der Waals surface area contributed by atoms with Crippen molar-refractivity contribution in [1.82, 2.24) is 4.90 Å². The smallest absolute Gasteiger partial charge is 0.278 e. The largest absolute Gasteiger partial charge is 0.493 e. The molecule has 158 valence electrons. The van der Waals surface area contributed by atoms with Gasteiger partial charge in [0.05, 0.1) is 32.6 Å². The first-order valence-corrected chi connectivity index (χ1v) is 9.77. The number of furan rings is 1. The van der Waals surface area contributed by atoms with Crippen LogP contribution in [0.2, 0.25) is 5.02 Å². The number of ether oxygens (including phenoxy) is 2. The summed E-state index contributed by atoms with van der Waals surface area (Å²) < 4.78 is 15.9. The van der Waals surface area contributed by atoms with Crippen LogP contribution in [0.4, 0.5) is 5.69 Å². The van der Waals surface area contributed by atoms with Crippen LogP contribution in [0, 0.1) is 0 Å². The quantitative estimate of drug-likeness (QED) is 0.552. The minimum absolute atomic E-state index is 0.0267. The Morgan fingerprint density at radius 1 is 0.968 bits per heavy atom. The number of nitrogens with zero attached hydrogens (tertiary/aromatic N) is 1. The van der Waals surface area contributed by atoms with Crippen molar-refractivity contribution < 1.29 is 23.5 Å². The van der Waals surface area contributed by atoms with Gasteiger partial charge in [0, 0.05) is 16.8 Å². The lowest BCUT2D eigenvalue weighted by Crippen LogP contribution is -2.31. The van der Waals surface area contributed by atoms with Gasteiger partial charge in [-0.2, -0.15) is 0 Å². The second kappa shape index (κ2) is 8.57. The minimum atomic E-state index is -0.457. The number of hydrogen-bond acceptors (Lipinski definition) is 6. The molecule has 0 saturated heterocycles. The third-order valence-electron chi connectivity index (χ3n) is 4.85. The number of hydrogen-bond donors (Lipinski definition) is 1. The van der Waals surface area contributed by atoms with Gasteiger partial charge in [-0.25, -0.2) is 0 Å². The van der Waals surface area contributed by atoms with E-state index in [0.29, 0.717) is 33.5 Å². The molecule has 0 radical (unpaired) electrons. The van der Waals surface area contributed by atoms with E-state index in [0.717, 1.165) is 4.90 Å². The van der Waals surface area contributed by atoms with Gasteiger partial charge in [0.25, 0.3) is 11.8 Å². The molecule has 31 heavy (non-hydrogen) atoms. The summed E-state index contributed by atoms with van der Waals surface area (Å²) in [5, 5.41) is 3.62. The Labute approximate surface area is 183 Å². The van der Waals surface area contributed by atoms with Crippen molar-refractivity contribution in [1.29, 1.82) is 0 Å². The van der Waals surface area contributed by atoms with E-state index in [1.54, 1.807) is 54.6 Å². The van der Waals surface area contributed by atoms with Crippen LogP contribution < -0.4 is 14.8 Å². The van der Waals surface area contributed by atoms with E-state index in [4.69, 9.17) is 25.5 Å². The van der Waals surface area contributed by atoms with Crippen LogP contribution in [0.15, 0.2) is 71.0 Å². The third-order valence-corrected chi connectivity index (χ3v) is 5.10. The lowest BCUT2D eigenvalue weighted by atomic mass is 10.0.